The maximum absolute atomic E-state index is 12.5. The number of nitrogens with one attached hydrogen (secondary N) is 2. The van der Waals surface area contributed by atoms with Crippen LogP contribution in [0, 0.1) is 6.92 Å². The van der Waals surface area contributed by atoms with E-state index < -0.39 is 5.91 Å². The Labute approximate surface area is 169 Å². The first-order valence-corrected chi connectivity index (χ1v) is 9.33. The van der Waals surface area contributed by atoms with Gasteiger partial charge >= 0.3 is 0 Å². The molecule has 0 saturated heterocycles. The molecule has 0 saturated carbocycles. The minimum Gasteiger partial charge on any atom is -0.491 e. The summed E-state index contributed by atoms with van der Waals surface area (Å²) < 4.78 is 5.59. The van der Waals surface area contributed by atoms with E-state index in [4.69, 9.17) is 4.74 Å². The van der Waals surface area contributed by atoms with Gasteiger partial charge in [0, 0.05) is 23.1 Å². The summed E-state index contributed by atoms with van der Waals surface area (Å²) in [6.45, 7) is 5.87. The third-order valence-electron chi connectivity index (χ3n) is 4.05. The van der Waals surface area contributed by atoms with Crippen molar-refractivity contribution in [1.82, 2.24) is 4.98 Å². The van der Waals surface area contributed by atoms with Crippen molar-refractivity contribution in [3.63, 3.8) is 0 Å². The summed E-state index contributed by atoms with van der Waals surface area (Å²) in [6, 6.07) is 17.6. The molecule has 148 valence electrons. The zero-order valence-electron chi connectivity index (χ0n) is 16.6. The maximum atomic E-state index is 12.5. The average molecular weight is 389 g/mol. The summed E-state index contributed by atoms with van der Waals surface area (Å²) >= 11 is 0. The van der Waals surface area contributed by atoms with Crippen LogP contribution < -0.4 is 15.4 Å². The fraction of sp³-hybridized carbons (Fsp3) is 0.174. The van der Waals surface area contributed by atoms with Crippen molar-refractivity contribution in [3.8, 4) is 5.75 Å². The summed E-state index contributed by atoms with van der Waals surface area (Å²) in [6.07, 6.45) is 1.52. The number of benzene rings is 2. The third-order valence-corrected chi connectivity index (χ3v) is 4.05. The number of nitrogens with zero attached hydrogens (tertiary/aromatic N) is 1. The number of aryl methyl sites for hydroxylation is 1. The Kier molecular flexibility index (Phi) is 6.24. The van der Waals surface area contributed by atoms with Gasteiger partial charge in [-0.3, -0.25) is 14.6 Å². The van der Waals surface area contributed by atoms with Crippen molar-refractivity contribution in [2.45, 2.75) is 26.9 Å². The minimum atomic E-state index is -0.396. The van der Waals surface area contributed by atoms with Gasteiger partial charge in [-0.1, -0.05) is 17.7 Å². The molecule has 0 radical (unpaired) electrons. The lowest BCUT2D eigenvalue weighted by Gasteiger charge is -2.11. The van der Waals surface area contributed by atoms with E-state index in [1.165, 1.54) is 12.3 Å². The average Bonchev–Trinajstić information content (AvgIpc) is 2.71. The zero-order chi connectivity index (χ0) is 20.8. The largest absolute Gasteiger partial charge is 0.491 e. The normalized spacial score (nSPS) is 10.5. The number of carbonyl (C=O) groups excluding carboxylic acids is 2. The number of carbonyl (C=O) groups is 2. The molecule has 2 aromatic carbocycles. The number of rotatable bonds is 6. The monoisotopic (exact) mass is 389 g/mol. The van der Waals surface area contributed by atoms with Crippen LogP contribution in [0.4, 0.5) is 11.4 Å². The van der Waals surface area contributed by atoms with Gasteiger partial charge in [-0.2, -0.15) is 0 Å². The van der Waals surface area contributed by atoms with Crippen molar-refractivity contribution in [1.29, 1.82) is 0 Å². The quantitative estimate of drug-likeness (QED) is 0.641. The summed E-state index contributed by atoms with van der Waals surface area (Å²) in [5, 5.41) is 5.58. The third kappa shape index (κ3) is 5.65. The highest BCUT2D eigenvalue weighted by Gasteiger charge is 2.13. The molecule has 1 aromatic heterocycles. The van der Waals surface area contributed by atoms with Gasteiger partial charge < -0.3 is 15.4 Å². The summed E-state index contributed by atoms with van der Waals surface area (Å²) in [4.78, 5) is 29.1. The Morgan fingerprint density at radius 3 is 2.07 bits per heavy atom. The van der Waals surface area contributed by atoms with Gasteiger partial charge in [-0.05, 0) is 69.3 Å². The molecule has 0 aliphatic rings. The molecule has 0 spiro atoms. The highest BCUT2D eigenvalue weighted by Crippen LogP contribution is 2.18. The molecule has 6 nitrogen and oxygen atoms in total. The molecule has 2 amide bonds. The van der Waals surface area contributed by atoms with Crippen LogP contribution in [-0.4, -0.2) is 22.9 Å². The molecular weight excluding hydrogens is 366 g/mol. The lowest BCUT2D eigenvalue weighted by atomic mass is 10.2. The number of aromatic nitrogens is 1. The number of hydrogen-bond donors (Lipinski definition) is 2. The molecule has 1 heterocycles. The fourth-order valence-electron chi connectivity index (χ4n) is 2.62. The second-order valence-electron chi connectivity index (χ2n) is 6.90. The number of amides is 2. The Morgan fingerprint density at radius 2 is 1.45 bits per heavy atom. The van der Waals surface area contributed by atoms with Crippen molar-refractivity contribution < 1.29 is 14.3 Å². The van der Waals surface area contributed by atoms with Gasteiger partial charge in [0.1, 0.15) is 11.4 Å². The molecule has 0 aliphatic carbocycles. The lowest BCUT2D eigenvalue weighted by molar-refractivity contribution is 0.102. The Balaban J connectivity index is 1.67. The molecule has 3 aromatic rings. The van der Waals surface area contributed by atoms with Gasteiger partial charge in [0.25, 0.3) is 11.8 Å². The van der Waals surface area contributed by atoms with Crippen LogP contribution in [0.2, 0.25) is 0 Å². The van der Waals surface area contributed by atoms with Crippen LogP contribution in [0.15, 0.2) is 66.9 Å². The summed E-state index contributed by atoms with van der Waals surface area (Å²) in [5.74, 6) is 0.0268. The molecule has 0 aliphatic heterocycles. The molecule has 2 N–H and O–H groups in total. The van der Waals surface area contributed by atoms with Gasteiger partial charge in [-0.15, -0.1) is 0 Å². The fourth-order valence-corrected chi connectivity index (χ4v) is 2.62. The second-order valence-corrected chi connectivity index (χ2v) is 6.90. The molecule has 0 unspecified atom stereocenters. The first-order valence-electron chi connectivity index (χ1n) is 9.33. The summed E-state index contributed by atoms with van der Waals surface area (Å²) in [5.41, 5.74) is 2.92. The van der Waals surface area contributed by atoms with E-state index in [0.29, 0.717) is 16.9 Å². The van der Waals surface area contributed by atoms with E-state index in [9.17, 15) is 9.59 Å². The predicted molar refractivity (Wildman–Crippen MR) is 114 cm³/mol. The van der Waals surface area contributed by atoms with Crippen LogP contribution >= 0.6 is 0 Å². The molecule has 6 heteroatoms. The van der Waals surface area contributed by atoms with Crippen molar-refractivity contribution in [3.05, 3.63) is 83.7 Å². The van der Waals surface area contributed by atoms with Gasteiger partial charge in [0.15, 0.2) is 0 Å². The van der Waals surface area contributed by atoms with Crippen LogP contribution in [0.1, 0.15) is 40.3 Å². The van der Waals surface area contributed by atoms with E-state index in [2.05, 4.69) is 15.6 Å². The van der Waals surface area contributed by atoms with Crippen LogP contribution in [-0.2, 0) is 0 Å². The number of hydrogen-bond acceptors (Lipinski definition) is 4. The lowest BCUT2D eigenvalue weighted by Crippen LogP contribution is -2.17. The molecule has 29 heavy (non-hydrogen) atoms. The number of pyridine rings is 1. The first-order chi connectivity index (χ1) is 13.9. The van der Waals surface area contributed by atoms with Crippen LogP contribution in [0.5, 0.6) is 5.75 Å². The predicted octanol–water partition coefficient (Wildman–Crippen LogP) is 4.68. The van der Waals surface area contributed by atoms with E-state index in [1.54, 1.807) is 30.3 Å². The molecule has 3 rings (SSSR count). The van der Waals surface area contributed by atoms with Gasteiger partial charge in [0.05, 0.1) is 6.10 Å². The van der Waals surface area contributed by atoms with E-state index in [-0.39, 0.29) is 17.7 Å². The minimum absolute atomic E-state index is 0.0773. The van der Waals surface area contributed by atoms with Gasteiger partial charge in [0.2, 0.25) is 0 Å². The number of anilines is 2. The van der Waals surface area contributed by atoms with Crippen molar-refractivity contribution in [2.24, 2.45) is 0 Å². The summed E-state index contributed by atoms with van der Waals surface area (Å²) in [7, 11) is 0. The standard InChI is InChI=1S/C23H23N3O3/c1-15(2)29-20-10-8-19(9-11-20)26-23(28)21-14-17(12-13-24-21)22(27)25-18-6-4-16(3)5-7-18/h4-15H,1-3H3,(H,25,27)(H,26,28). The maximum Gasteiger partial charge on any atom is 0.274 e. The molecule has 0 fully saturated rings. The van der Waals surface area contributed by atoms with Crippen LogP contribution in [0.3, 0.4) is 0 Å². The number of ether oxygens (including phenoxy) is 1. The van der Waals surface area contributed by atoms with E-state index in [1.807, 2.05) is 45.0 Å². The topological polar surface area (TPSA) is 80.3 Å². The Bertz CT molecular complexity index is 997. The van der Waals surface area contributed by atoms with Crippen LogP contribution in [0.25, 0.3) is 0 Å². The van der Waals surface area contributed by atoms with Gasteiger partial charge in [-0.25, -0.2) is 0 Å². The molecule has 0 atom stereocenters. The Hall–Kier alpha value is -3.67. The van der Waals surface area contributed by atoms with E-state index in [0.717, 1.165) is 11.3 Å². The smallest absolute Gasteiger partial charge is 0.274 e. The van der Waals surface area contributed by atoms with Crippen molar-refractivity contribution >= 4 is 23.2 Å². The zero-order valence-corrected chi connectivity index (χ0v) is 16.6. The second kappa shape index (κ2) is 9.01. The van der Waals surface area contributed by atoms with E-state index >= 15 is 0 Å². The van der Waals surface area contributed by atoms with Crippen molar-refractivity contribution in [2.75, 3.05) is 10.6 Å². The SMILES string of the molecule is Cc1ccc(NC(=O)c2ccnc(C(=O)Nc3ccc(OC(C)C)cc3)c2)cc1. The highest BCUT2D eigenvalue weighted by molar-refractivity contribution is 6.07. The first kappa shape index (κ1) is 20.1. The highest BCUT2D eigenvalue weighted by atomic mass is 16.5. The molecular formula is C23H23N3O3. The molecule has 0 bridgehead atoms. The Morgan fingerprint density at radius 1 is 0.862 bits per heavy atom.